The first-order valence-corrected chi connectivity index (χ1v) is 7.48. The van der Waals surface area contributed by atoms with E-state index in [9.17, 15) is 14.7 Å². The minimum absolute atomic E-state index is 0.0755. The number of carbonyl (C=O) groups excluding carboxylic acids is 1. The highest BCUT2D eigenvalue weighted by Crippen LogP contribution is 2.39. The average Bonchev–Trinajstić information content (AvgIpc) is 2.38. The van der Waals surface area contributed by atoms with Gasteiger partial charge in [-0.1, -0.05) is 33.1 Å². The molecule has 2 atom stereocenters. The van der Waals surface area contributed by atoms with Crippen molar-refractivity contribution in [3.05, 3.63) is 0 Å². The summed E-state index contributed by atoms with van der Waals surface area (Å²) in [5.74, 6) is -0.380. The lowest BCUT2D eigenvalue weighted by Crippen LogP contribution is -2.54. The maximum absolute atomic E-state index is 12.8. The van der Waals surface area contributed by atoms with E-state index in [0.717, 1.165) is 32.1 Å². The molecule has 108 valence electrons. The molecule has 2 rings (SSSR count). The first-order valence-electron chi connectivity index (χ1n) is 7.48. The molecule has 1 aliphatic heterocycles. The van der Waals surface area contributed by atoms with Gasteiger partial charge >= 0.3 is 5.97 Å². The third-order valence-electron chi connectivity index (χ3n) is 4.88. The fourth-order valence-electron chi connectivity index (χ4n) is 3.51. The van der Waals surface area contributed by atoms with Gasteiger partial charge in [-0.2, -0.15) is 0 Å². The molecule has 2 unspecified atom stereocenters. The molecule has 1 heterocycles. The largest absolute Gasteiger partial charge is 0.480 e. The molecule has 2 fully saturated rings. The maximum atomic E-state index is 12.8. The summed E-state index contributed by atoms with van der Waals surface area (Å²) in [7, 11) is 0. The Morgan fingerprint density at radius 3 is 2.42 bits per heavy atom. The van der Waals surface area contributed by atoms with E-state index in [1.807, 2.05) is 6.92 Å². The summed E-state index contributed by atoms with van der Waals surface area (Å²) < 4.78 is 0. The highest BCUT2D eigenvalue weighted by molar-refractivity contribution is 5.87. The van der Waals surface area contributed by atoms with Crippen molar-refractivity contribution >= 4 is 11.9 Å². The molecule has 19 heavy (non-hydrogen) atoms. The zero-order valence-electron chi connectivity index (χ0n) is 12.0. The number of carboxylic acids is 1. The molecule has 1 saturated heterocycles. The molecule has 0 bridgehead atoms. The maximum Gasteiger partial charge on any atom is 0.326 e. The normalized spacial score (nSPS) is 30.9. The molecular weight excluding hydrogens is 242 g/mol. The molecule has 0 aromatic rings. The predicted octanol–water partition coefficient (Wildman–Crippen LogP) is 2.67. The highest BCUT2D eigenvalue weighted by Gasteiger charge is 2.43. The van der Waals surface area contributed by atoms with Gasteiger partial charge in [0, 0.05) is 12.0 Å². The van der Waals surface area contributed by atoms with Gasteiger partial charge in [-0.25, -0.2) is 4.79 Å². The lowest BCUT2D eigenvalue weighted by molar-refractivity contribution is -0.159. The van der Waals surface area contributed by atoms with Crippen LogP contribution in [-0.4, -0.2) is 34.5 Å². The van der Waals surface area contributed by atoms with Crippen LogP contribution >= 0.6 is 0 Å². The van der Waals surface area contributed by atoms with Crippen molar-refractivity contribution in [3.63, 3.8) is 0 Å². The van der Waals surface area contributed by atoms with Crippen LogP contribution in [0.4, 0.5) is 0 Å². The van der Waals surface area contributed by atoms with Crippen LogP contribution in [0, 0.1) is 11.3 Å². The average molecular weight is 267 g/mol. The van der Waals surface area contributed by atoms with Gasteiger partial charge in [-0.3, -0.25) is 4.79 Å². The Hall–Kier alpha value is -1.06. The molecule has 0 radical (unpaired) electrons. The summed E-state index contributed by atoms with van der Waals surface area (Å²) in [5, 5.41) is 9.36. The Morgan fingerprint density at radius 1 is 1.21 bits per heavy atom. The van der Waals surface area contributed by atoms with Crippen molar-refractivity contribution in [2.75, 3.05) is 6.54 Å². The van der Waals surface area contributed by atoms with Crippen molar-refractivity contribution in [2.45, 2.75) is 64.8 Å². The van der Waals surface area contributed by atoms with Crippen molar-refractivity contribution in [1.82, 2.24) is 4.90 Å². The fourth-order valence-corrected chi connectivity index (χ4v) is 3.51. The Kier molecular flexibility index (Phi) is 4.16. The van der Waals surface area contributed by atoms with E-state index in [0.29, 0.717) is 18.9 Å². The number of rotatable bonds is 2. The lowest BCUT2D eigenvalue weighted by Gasteiger charge is -2.42. The third kappa shape index (κ3) is 2.93. The van der Waals surface area contributed by atoms with E-state index in [-0.39, 0.29) is 11.3 Å². The number of likely N-dealkylation sites (tertiary alicyclic amines) is 1. The van der Waals surface area contributed by atoms with Gasteiger partial charge in [0.15, 0.2) is 0 Å². The molecule has 4 heteroatoms. The van der Waals surface area contributed by atoms with E-state index in [1.54, 1.807) is 4.90 Å². The number of carboxylic acid groups (broad SMARTS) is 1. The second-order valence-corrected chi connectivity index (χ2v) is 6.60. The lowest BCUT2D eigenvalue weighted by atomic mass is 9.74. The first kappa shape index (κ1) is 14.4. The van der Waals surface area contributed by atoms with E-state index in [2.05, 4.69) is 6.92 Å². The van der Waals surface area contributed by atoms with Crippen molar-refractivity contribution in [1.29, 1.82) is 0 Å². The van der Waals surface area contributed by atoms with Crippen molar-refractivity contribution in [2.24, 2.45) is 11.3 Å². The Balaban J connectivity index is 2.14. The molecule has 4 nitrogen and oxygen atoms in total. The molecule has 1 saturated carbocycles. The second kappa shape index (κ2) is 5.51. The summed E-state index contributed by atoms with van der Waals surface area (Å²) >= 11 is 0. The van der Waals surface area contributed by atoms with Crippen LogP contribution < -0.4 is 0 Å². The predicted molar refractivity (Wildman–Crippen MR) is 72.7 cm³/mol. The monoisotopic (exact) mass is 267 g/mol. The van der Waals surface area contributed by atoms with E-state index in [4.69, 9.17) is 0 Å². The molecule has 0 aromatic heterocycles. The fraction of sp³-hybridized carbons (Fsp3) is 0.867. The molecule has 0 spiro atoms. The van der Waals surface area contributed by atoms with Crippen molar-refractivity contribution in [3.8, 4) is 0 Å². The number of piperidine rings is 1. The van der Waals surface area contributed by atoms with Crippen LogP contribution in [0.1, 0.15) is 58.8 Å². The Labute approximate surface area is 115 Å². The number of amides is 1. The molecule has 0 aromatic carbocycles. The Bertz CT molecular complexity index is 360. The summed E-state index contributed by atoms with van der Waals surface area (Å²) in [5.41, 5.74) is -0.327. The van der Waals surface area contributed by atoms with Gasteiger partial charge in [0.2, 0.25) is 5.91 Å². The van der Waals surface area contributed by atoms with Crippen LogP contribution in [0.15, 0.2) is 0 Å². The van der Waals surface area contributed by atoms with Gasteiger partial charge in [0.25, 0.3) is 0 Å². The third-order valence-corrected chi connectivity index (χ3v) is 4.88. The molecule has 1 N–H and O–H groups in total. The molecule has 1 aliphatic carbocycles. The van der Waals surface area contributed by atoms with Gasteiger partial charge < -0.3 is 10.0 Å². The summed E-state index contributed by atoms with van der Waals surface area (Å²) in [6, 6.07) is -0.616. The number of hydrogen-bond acceptors (Lipinski definition) is 2. The Morgan fingerprint density at radius 2 is 1.84 bits per heavy atom. The summed E-state index contributed by atoms with van der Waals surface area (Å²) in [6.45, 7) is 4.69. The van der Waals surface area contributed by atoms with Crippen LogP contribution in [0.3, 0.4) is 0 Å². The molecular formula is C15H25NO3. The highest BCUT2D eigenvalue weighted by atomic mass is 16.4. The number of carbonyl (C=O) groups is 2. The zero-order chi connectivity index (χ0) is 14.0. The summed E-state index contributed by atoms with van der Waals surface area (Å²) in [4.78, 5) is 25.8. The standard InChI is InChI=1S/C15H25NO3/c1-11-6-9-16(12(10-11)13(17)18)14(19)15(2)7-4-3-5-8-15/h11-12H,3-10H2,1-2H3,(H,17,18). The van der Waals surface area contributed by atoms with Crippen molar-refractivity contribution < 1.29 is 14.7 Å². The molecule has 1 amide bonds. The molecule has 2 aliphatic rings. The second-order valence-electron chi connectivity index (χ2n) is 6.60. The van der Waals surface area contributed by atoms with Crippen LogP contribution in [0.2, 0.25) is 0 Å². The first-order chi connectivity index (χ1) is 8.94. The minimum Gasteiger partial charge on any atom is -0.480 e. The van der Waals surface area contributed by atoms with Crippen LogP contribution in [0.5, 0.6) is 0 Å². The van der Waals surface area contributed by atoms with Gasteiger partial charge in [0.1, 0.15) is 6.04 Å². The van der Waals surface area contributed by atoms with Gasteiger partial charge in [-0.15, -0.1) is 0 Å². The van der Waals surface area contributed by atoms with Gasteiger partial charge in [0.05, 0.1) is 0 Å². The van der Waals surface area contributed by atoms with Gasteiger partial charge in [-0.05, 0) is 31.6 Å². The van der Waals surface area contributed by atoms with E-state index in [1.165, 1.54) is 6.42 Å². The van der Waals surface area contributed by atoms with Crippen LogP contribution in [-0.2, 0) is 9.59 Å². The van der Waals surface area contributed by atoms with E-state index < -0.39 is 12.0 Å². The topological polar surface area (TPSA) is 57.6 Å². The minimum atomic E-state index is -0.848. The van der Waals surface area contributed by atoms with Crippen LogP contribution in [0.25, 0.3) is 0 Å². The summed E-state index contributed by atoms with van der Waals surface area (Å²) in [6.07, 6.45) is 6.70. The quantitative estimate of drug-likeness (QED) is 0.836. The SMILES string of the molecule is CC1CCN(C(=O)C2(C)CCCCC2)C(C(=O)O)C1. The number of aliphatic carboxylic acids is 1. The van der Waals surface area contributed by atoms with E-state index >= 15 is 0 Å². The number of nitrogens with zero attached hydrogens (tertiary/aromatic N) is 1. The number of hydrogen-bond donors (Lipinski definition) is 1. The smallest absolute Gasteiger partial charge is 0.326 e. The zero-order valence-corrected chi connectivity index (χ0v) is 12.0.